The molecule has 9 amide bonds. The number of hydrogen-bond donors (Lipinski definition) is 13. The van der Waals surface area contributed by atoms with Crippen molar-refractivity contribution in [2.75, 3.05) is 13.7 Å². The van der Waals surface area contributed by atoms with Crippen LogP contribution in [0, 0.1) is 11.8 Å². The first kappa shape index (κ1) is 64.1. The summed E-state index contributed by atoms with van der Waals surface area (Å²) in [6.07, 6.45) is -8.60. The second-order valence-corrected chi connectivity index (χ2v) is 20.6. The van der Waals surface area contributed by atoms with Crippen LogP contribution >= 0.6 is 0 Å². The molecule has 79 heavy (non-hydrogen) atoms. The van der Waals surface area contributed by atoms with Crippen molar-refractivity contribution in [3.63, 3.8) is 0 Å². The zero-order chi connectivity index (χ0) is 59.0. The van der Waals surface area contributed by atoms with Gasteiger partial charge >= 0.3 is 5.97 Å². The summed E-state index contributed by atoms with van der Waals surface area (Å²) in [4.78, 5) is 143. The van der Waals surface area contributed by atoms with Crippen molar-refractivity contribution in [2.45, 2.75) is 172 Å². The molecular formula is C53H77N9O17. The number of aromatic hydroxyl groups is 2. The number of phenols is 2. The van der Waals surface area contributed by atoms with Crippen molar-refractivity contribution in [3.8, 4) is 11.5 Å². The smallest absolute Gasteiger partial charge is 0.329 e. The Bertz CT molecular complexity index is 2480. The average molecular weight is 1110 g/mol. The molecule has 26 nitrogen and oxygen atoms in total. The summed E-state index contributed by atoms with van der Waals surface area (Å²) < 4.78 is 5.91. The summed E-state index contributed by atoms with van der Waals surface area (Å²) in [5.74, 6) is -11.7. The van der Waals surface area contributed by atoms with Gasteiger partial charge in [-0.3, -0.25) is 43.2 Å². The molecule has 2 aromatic carbocycles. The number of amides is 9. The third-order valence-electron chi connectivity index (χ3n) is 13.9. The molecule has 2 aliphatic rings. The van der Waals surface area contributed by atoms with Gasteiger partial charge in [0, 0.05) is 19.9 Å². The van der Waals surface area contributed by atoms with E-state index in [4.69, 9.17) is 10.5 Å². The highest BCUT2D eigenvalue weighted by Crippen LogP contribution is 2.26. The normalized spacial score (nSPS) is 24.7. The predicted octanol–water partition coefficient (Wildman–Crippen LogP) is -2.64. The van der Waals surface area contributed by atoms with E-state index in [1.54, 1.807) is 39.8 Å². The summed E-state index contributed by atoms with van der Waals surface area (Å²) in [6.45, 7) is 8.12. The number of aliphatic hydroxyl groups excluding tert-OH is 4. The van der Waals surface area contributed by atoms with Crippen molar-refractivity contribution >= 4 is 59.1 Å². The van der Waals surface area contributed by atoms with E-state index in [2.05, 4.69) is 31.9 Å². The number of aryl methyl sites for hydroxylation is 1. The lowest BCUT2D eigenvalue weighted by Crippen LogP contribution is -2.67. The molecule has 0 radical (unpaired) electrons. The van der Waals surface area contributed by atoms with Crippen LogP contribution in [0.4, 0.5) is 0 Å². The maximum Gasteiger partial charge on any atom is 0.329 e. The van der Waals surface area contributed by atoms with Gasteiger partial charge in [0.1, 0.15) is 72.2 Å². The number of fused-ring (bicyclic) bond motifs is 2. The van der Waals surface area contributed by atoms with E-state index in [1.165, 1.54) is 57.3 Å². The minimum Gasteiger partial charge on any atom is -0.508 e. The Balaban J connectivity index is 1.84. The number of carbonyl (C=O) groups excluding carboxylic acids is 10. The topological polar surface area (TPSA) is 406 Å². The number of nitrogens with one attached hydrogen (secondary N) is 6. The van der Waals surface area contributed by atoms with Gasteiger partial charge < -0.3 is 82.8 Å². The van der Waals surface area contributed by atoms with Crippen LogP contribution < -0.4 is 37.6 Å². The molecule has 13 atom stereocenters. The second kappa shape index (κ2) is 29.5. The first-order valence-electron chi connectivity index (χ1n) is 26.3. The number of nitrogens with two attached hydrogens (primary N) is 1. The summed E-state index contributed by atoms with van der Waals surface area (Å²) in [7, 11) is 1.22. The van der Waals surface area contributed by atoms with Crippen LogP contribution in [0.2, 0.25) is 0 Å². The Kier molecular flexibility index (Phi) is 24.0. The molecule has 0 spiro atoms. The number of piperidine rings is 1. The Morgan fingerprint density at radius 2 is 1.35 bits per heavy atom. The summed E-state index contributed by atoms with van der Waals surface area (Å²) in [5.41, 5.74) is 6.48. The minimum absolute atomic E-state index is 0.0484. The van der Waals surface area contributed by atoms with Gasteiger partial charge in [-0.15, -0.1) is 0 Å². The number of cyclic esters (lactones) is 1. The van der Waals surface area contributed by atoms with E-state index in [0.717, 1.165) is 9.80 Å². The molecule has 26 heteroatoms. The van der Waals surface area contributed by atoms with Gasteiger partial charge in [0.2, 0.25) is 47.3 Å². The van der Waals surface area contributed by atoms with Crippen LogP contribution in [0.25, 0.3) is 0 Å². The number of aliphatic hydroxyl groups is 4. The lowest BCUT2D eigenvalue weighted by molar-refractivity contribution is -0.170. The molecule has 436 valence electrons. The van der Waals surface area contributed by atoms with Gasteiger partial charge in [0.15, 0.2) is 6.10 Å². The number of hydrogen-bond acceptors (Lipinski definition) is 17. The van der Waals surface area contributed by atoms with E-state index in [9.17, 15) is 78.6 Å². The van der Waals surface area contributed by atoms with Crippen LogP contribution in [0.1, 0.15) is 97.6 Å². The number of ether oxygens (including phenoxy) is 1. The maximum atomic E-state index is 14.8. The van der Waals surface area contributed by atoms with Crippen LogP contribution in [0.15, 0.2) is 48.5 Å². The summed E-state index contributed by atoms with van der Waals surface area (Å²) >= 11 is 0. The molecule has 0 aliphatic carbocycles. The molecule has 2 saturated heterocycles. The highest BCUT2D eigenvalue weighted by atomic mass is 16.5. The SMILES string of the molecule is CC[C@H](C)[C@@H]1NC(=O)[C@H](Cc2ccc(O)cc2)N(C)C(=O)[C@@H]([C@H](C)O)N2C(=O)[C@H](CC[C@H]2O)NC(=O)[C@H](CC(C)C)NC(=O)[C@@H](NC(=O)[C@H](CCC(N)=O)NC(=O)C(CCc2ccc(O)cc2)NC(=O)[C@@H](O)CO)[C@H](C)OC1=O. The van der Waals surface area contributed by atoms with E-state index in [0.29, 0.717) is 11.1 Å². The number of benzene rings is 2. The van der Waals surface area contributed by atoms with Crippen molar-refractivity contribution in [3.05, 3.63) is 59.7 Å². The maximum absolute atomic E-state index is 14.8. The van der Waals surface area contributed by atoms with Crippen molar-refractivity contribution in [1.29, 1.82) is 0 Å². The molecular weight excluding hydrogens is 1030 g/mol. The van der Waals surface area contributed by atoms with E-state index in [1.807, 2.05) is 0 Å². The summed E-state index contributed by atoms with van der Waals surface area (Å²) in [5, 5.41) is 76.9. The Hall–Kier alpha value is -7.42. The number of rotatable bonds is 20. The van der Waals surface area contributed by atoms with Gasteiger partial charge in [-0.05, 0) is 99.6 Å². The molecule has 2 aliphatic heterocycles. The fraction of sp³-hybridized carbons (Fsp3) is 0.585. The molecule has 2 fully saturated rings. The van der Waals surface area contributed by atoms with Gasteiger partial charge in [-0.2, -0.15) is 0 Å². The van der Waals surface area contributed by atoms with E-state index in [-0.39, 0.29) is 62.4 Å². The predicted molar refractivity (Wildman–Crippen MR) is 280 cm³/mol. The molecule has 2 bridgehead atoms. The second-order valence-electron chi connectivity index (χ2n) is 20.6. The number of primary amides is 1. The van der Waals surface area contributed by atoms with Gasteiger partial charge in [-0.1, -0.05) is 58.4 Å². The molecule has 0 aromatic heterocycles. The van der Waals surface area contributed by atoms with Gasteiger partial charge in [-0.25, -0.2) is 4.79 Å². The van der Waals surface area contributed by atoms with Gasteiger partial charge in [0.25, 0.3) is 5.91 Å². The average Bonchev–Trinajstić information content (AvgIpc) is 3.40. The fourth-order valence-corrected chi connectivity index (χ4v) is 9.09. The first-order valence-corrected chi connectivity index (χ1v) is 26.3. The third-order valence-corrected chi connectivity index (χ3v) is 13.9. The molecule has 4 rings (SSSR count). The monoisotopic (exact) mass is 1110 g/mol. The Morgan fingerprint density at radius 1 is 0.772 bits per heavy atom. The number of likely N-dealkylation sites (N-methyl/N-ethyl adjacent to an activating group) is 1. The highest BCUT2D eigenvalue weighted by molar-refractivity contribution is 5.99. The zero-order valence-electron chi connectivity index (χ0n) is 45.4. The Labute approximate surface area is 457 Å². The number of nitrogens with zero attached hydrogens (tertiary/aromatic N) is 2. The van der Waals surface area contributed by atoms with Crippen molar-refractivity contribution < 1.29 is 83.3 Å². The van der Waals surface area contributed by atoms with Crippen LogP contribution in [0.3, 0.4) is 0 Å². The highest BCUT2D eigenvalue weighted by Gasteiger charge is 2.47. The van der Waals surface area contributed by atoms with Gasteiger partial charge in [0.05, 0.1) is 12.7 Å². The lowest BCUT2D eigenvalue weighted by Gasteiger charge is -2.43. The first-order chi connectivity index (χ1) is 37.2. The fourth-order valence-electron chi connectivity index (χ4n) is 9.09. The number of phenolic OH excluding ortho intramolecular Hbond substituents is 2. The largest absolute Gasteiger partial charge is 0.508 e. The van der Waals surface area contributed by atoms with Crippen molar-refractivity contribution in [1.82, 2.24) is 41.7 Å². The van der Waals surface area contributed by atoms with Crippen molar-refractivity contribution in [2.24, 2.45) is 17.6 Å². The van der Waals surface area contributed by atoms with Crippen LogP contribution in [-0.4, -0.2) is 186 Å². The van der Waals surface area contributed by atoms with Crippen LogP contribution in [-0.2, 0) is 65.5 Å². The van der Waals surface area contributed by atoms with E-state index < -0.39 is 157 Å². The standard InChI is InChI=1S/C53H77N9O17/c1-8-27(4)42-53(78)79-29(6)43(60-46(71)35(19-21-40(54)68)55-45(70)34(56-49(74)39(67)25-63)18-13-30-9-14-32(65)15-10-30)50(75)58-37(23-26(2)3)47(72)57-36-20-22-41(69)62(51(36)76)44(28(5)64)52(77)61(7)38(48(73)59-42)24-31-11-16-33(66)17-12-31/h9-12,14-17,26-29,34-39,41-44,63-67,69H,8,13,18-25H2,1-7H3,(H2,54,68)(H,55,70)(H,56,74)(H,57,72)(H,58,75)(H,59,73)(H,60,71)/t27-,28-,29-,34?,35-,36-,37-,38-,39-,41+,42-,43-,44+/m0/s1. The molecule has 1 unspecified atom stereocenters. The molecule has 2 heterocycles. The Morgan fingerprint density at radius 3 is 1.91 bits per heavy atom. The molecule has 14 N–H and O–H groups in total. The molecule has 2 aromatic rings. The third kappa shape index (κ3) is 18.1. The minimum atomic E-state index is -1.96. The number of esters is 1. The molecule has 0 saturated carbocycles. The summed E-state index contributed by atoms with van der Waals surface area (Å²) in [6, 6.07) is -1.54. The zero-order valence-corrected chi connectivity index (χ0v) is 45.4. The quantitative estimate of drug-likeness (QED) is 0.0603. The van der Waals surface area contributed by atoms with Crippen LogP contribution in [0.5, 0.6) is 11.5 Å². The lowest BCUT2D eigenvalue weighted by atomic mass is 9.95. The number of carbonyl (C=O) groups is 10. The van der Waals surface area contributed by atoms with E-state index >= 15 is 0 Å².